The Labute approximate surface area is 246 Å². The Morgan fingerprint density at radius 2 is 1.98 bits per heavy atom. The largest absolute Gasteiger partial charge is 0.343 e. The standard InChI is InChI=1S/C29H39N5O4S.ClH/c1-5-29(4,30)28(38)32-21(14-18(2)3)26(36)31-22-15-20-8-6-9-23(33-12-7-10-24(33)35)25(20)34(27(22)37)16-19-11-13-39-17-19;/h6,8-9,11,13,17-18,21-22H,5,7,10,12,14-16,30H2,1-4H3,(H,31,36)(H,32,38);1H/t21-,22?,29?;/m1./s1. The van der Waals surface area contributed by atoms with E-state index in [1.807, 2.05) is 55.8 Å². The molecule has 4 amide bonds. The first-order chi connectivity index (χ1) is 18.5. The van der Waals surface area contributed by atoms with Gasteiger partial charge in [0.05, 0.1) is 23.5 Å². The van der Waals surface area contributed by atoms with Gasteiger partial charge in [-0.25, -0.2) is 0 Å². The topological polar surface area (TPSA) is 125 Å². The molecule has 1 fully saturated rings. The highest BCUT2D eigenvalue weighted by Crippen LogP contribution is 2.40. The predicted octanol–water partition coefficient (Wildman–Crippen LogP) is 3.53. The molecule has 0 spiro atoms. The van der Waals surface area contributed by atoms with Crippen LogP contribution in [0.3, 0.4) is 0 Å². The minimum Gasteiger partial charge on any atom is -0.343 e. The molecule has 2 aliphatic rings. The van der Waals surface area contributed by atoms with E-state index in [1.165, 1.54) is 0 Å². The highest BCUT2D eigenvalue weighted by molar-refractivity contribution is 7.07. The highest BCUT2D eigenvalue weighted by Gasteiger charge is 2.39. The second-order valence-electron chi connectivity index (χ2n) is 11.2. The lowest BCUT2D eigenvalue weighted by atomic mass is 9.94. The number of hydrogen-bond acceptors (Lipinski definition) is 6. The van der Waals surface area contributed by atoms with Crippen molar-refractivity contribution < 1.29 is 19.2 Å². The summed E-state index contributed by atoms with van der Waals surface area (Å²) in [6.07, 6.45) is 2.40. The van der Waals surface area contributed by atoms with Crippen molar-refractivity contribution in [1.82, 2.24) is 10.6 Å². The van der Waals surface area contributed by atoms with E-state index in [4.69, 9.17) is 5.73 Å². The number of rotatable bonds is 10. The molecule has 218 valence electrons. The van der Waals surface area contributed by atoms with Crippen LogP contribution in [-0.4, -0.2) is 47.8 Å². The molecular weight excluding hydrogens is 550 g/mol. The van der Waals surface area contributed by atoms with Gasteiger partial charge in [-0.15, -0.1) is 12.4 Å². The summed E-state index contributed by atoms with van der Waals surface area (Å²) in [6, 6.07) is 6.07. The fraction of sp³-hybridized carbons (Fsp3) is 0.517. The first-order valence-corrected chi connectivity index (χ1v) is 14.6. The van der Waals surface area contributed by atoms with Crippen LogP contribution < -0.4 is 26.2 Å². The summed E-state index contributed by atoms with van der Waals surface area (Å²) in [6.45, 7) is 8.35. The van der Waals surface area contributed by atoms with E-state index >= 15 is 0 Å². The van der Waals surface area contributed by atoms with E-state index in [0.717, 1.165) is 28.9 Å². The number of para-hydroxylation sites is 1. The van der Waals surface area contributed by atoms with Crippen molar-refractivity contribution in [2.75, 3.05) is 16.3 Å². The number of carbonyl (C=O) groups excluding carboxylic acids is 4. The van der Waals surface area contributed by atoms with Crippen molar-refractivity contribution in [3.8, 4) is 0 Å². The van der Waals surface area contributed by atoms with Gasteiger partial charge in [0.1, 0.15) is 12.1 Å². The summed E-state index contributed by atoms with van der Waals surface area (Å²) >= 11 is 1.55. The molecule has 0 bridgehead atoms. The minimum absolute atomic E-state index is 0. The Kier molecular flexibility index (Phi) is 10.4. The number of halogens is 1. The predicted molar refractivity (Wildman–Crippen MR) is 161 cm³/mol. The first-order valence-electron chi connectivity index (χ1n) is 13.7. The highest BCUT2D eigenvalue weighted by atomic mass is 35.5. The summed E-state index contributed by atoms with van der Waals surface area (Å²) < 4.78 is 0. The molecule has 0 saturated carbocycles. The van der Waals surface area contributed by atoms with Crippen molar-refractivity contribution in [2.24, 2.45) is 11.7 Å². The molecule has 1 saturated heterocycles. The van der Waals surface area contributed by atoms with Gasteiger partial charge in [-0.1, -0.05) is 32.9 Å². The van der Waals surface area contributed by atoms with Gasteiger partial charge in [-0.2, -0.15) is 11.3 Å². The molecule has 40 heavy (non-hydrogen) atoms. The quantitative estimate of drug-likeness (QED) is 0.391. The van der Waals surface area contributed by atoms with Gasteiger partial charge in [-0.05, 0) is 66.1 Å². The number of carbonyl (C=O) groups is 4. The number of hydrogen-bond donors (Lipinski definition) is 3. The zero-order valence-corrected chi connectivity index (χ0v) is 25.2. The summed E-state index contributed by atoms with van der Waals surface area (Å²) in [5, 5.41) is 9.70. The lowest BCUT2D eigenvalue weighted by Gasteiger charge is -2.38. The Morgan fingerprint density at radius 1 is 1.23 bits per heavy atom. The normalized spacial score (nSPS) is 19.1. The third-order valence-electron chi connectivity index (χ3n) is 7.54. The molecule has 3 atom stereocenters. The van der Waals surface area contributed by atoms with Gasteiger partial charge in [0.25, 0.3) is 0 Å². The average molecular weight is 590 g/mol. The Balaban J connectivity index is 0.00000441. The van der Waals surface area contributed by atoms with Gasteiger partial charge in [0.2, 0.25) is 23.6 Å². The summed E-state index contributed by atoms with van der Waals surface area (Å²) in [5.74, 6) is -0.872. The van der Waals surface area contributed by atoms with Crippen LogP contribution in [-0.2, 0) is 32.1 Å². The number of nitrogens with two attached hydrogens (primary N) is 1. The monoisotopic (exact) mass is 589 g/mol. The zero-order valence-electron chi connectivity index (χ0n) is 23.6. The Morgan fingerprint density at radius 3 is 2.58 bits per heavy atom. The number of benzene rings is 1. The van der Waals surface area contributed by atoms with Crippen molar-refractivity contribution >= 4 is 58.7 Å². The van der Waals surface area contributed by atoms with E-state index < -0.39 is 29.4 Å². The van der Waals surface area contributed by atoms with E-state index in [-0.39, 0.29) is 30.1 Å². The van der Waals surface area contributed by atoms with E-state index in [0.29, 0.717) is 38.8 Å². The fourth-order valence-corrected chi connectivity index (χ4v) is 5.73. The summed E-state index contributed by atoms with van der Waals surface area (Å²) in [5.41, 5.74) is 8.34. The van der Waals surface area contributed by atoms with Crippen molar-refractivity contribution in [2.45, 2.75) is 84.0 Å². The molecular formula is C29H40ClN5O4S. The van der Waals surface area contributed by atoms with Crippen LogP contribution in [0.4, 0.5) is 11.4 Å². The molecule has 2 aromatic rings. The second-order valence-corrected chi connectivity index (χ2v) is 12.0. The van der Waals surface area contributed by atoms with Gasteiger partial charge in [0, 0.05) is 19.4 Å². The molecule has 3 heterocycles. The molecule has 9 nitrogen and oxygen atoms in total. The fourth-order valence-electron chi connectivity index (χ4n) is 5.07. The minimum atomic E-state index is -1.10. The Bertz CT molecular complexity index is 1230. The second kappa shape index (κ2) is 13.1. The molecule has 1 aromatic heterocycles. The number of nitrogens with zero attached hydrogens (tertiary/aromatic N) is 2. The number of fused-ring (bicyclic) bond motifs is 1. The van der Waals surface area contributed by atoms with Crippen molar-refractivity contribution in [3.05, 3.63) is 46.2 Å². The van der Waals surface area contributed by atoms with Crippen LogP contribution in [0.5, 0.6) is 0 Å². The van der Waals surface area contributed by atoms with Gasteiger partial charge in [0.15, 0.2) is 0 Å². The zero-order chi connectivity index (χ0) is 28.3. The van der Waals surface area contributed by atoms with Crippen molar-refractivity contribution in [1.29, 1.82) is 0 Å². The average Bonchev–Trinajstić information content (AvgIpc) is 3.56. The molecule has 1 aromatic carbocycles. The van der Waals surface area contributed by atoms with Gasteiger partial charge in [-0.3, -0.25) is 19.2 Å². The molecule has 0 radical (unpaired) electrons. The van der Waals surface area contributed by atoms with E-state index in [9.17, 15) is 19.2 Å². The number of anilines is 2. The first kappa shape index (κ1) is 31.6. The molecule has 2 unspecified atom stereocenters. The smallest absolute Gasteiger partial charge is 0.250 e. The van der Waals surface area contributed by atoms with Crippen LogP contribution >= 0.6 is 23.7 Å². The molecule has 0 aliphatic carbocycles. The SMILES string of the molecule is CCC(C)(N)C(=O)N[C@H](CC(C)C)C(=O)NC1Cc2cccc(N3CCCC3=O)c2N(Cc2ccsc2)C1=O.Cl. The molecule has 2 aliphatic heterocycles. The van der Waals surface area contributed by atoms with E-state index in [2.05, 4.69) is 10.6 Å². The van der Waals surface area contributed by atoms with Crippen LogP contribution in [0, 0.1) is 5.92 Å². The Hall–Kier alpha value is -2.95. The maximum Gasteiger partial charge on any atom is 0.250 e. The van der Waals surface area contributed by atoms with Crippen LogP contribution in [0.2, 0.25) is 0 Å². The molecule has 11 heteroatoms. The van der Waals surface area contributed by atoms with Crippen LogP contribution in [0.1, 0.15) is 64.5 Å². The van der Waals surface area contributed by atoms with Gasteiger partial charge < -0.3 is 26.2 Å². The van der Waals surface area contributed by atoms with Crippen LogP contribution in [0.25, 0.3) is 0 Å². The number of thiophene rings is 1. The van der Waals surface area contributed by atoms with E-state index in [1.54, 1.807) is 28.1 Å². The number of nitrogens with one attached hydrogen (secondary N) is 2. The maximum atomic E-state index is 14.0. The maximum absolute atomic E-state index is 14.0. The third kappa shape index (κ3) is 6.85. The van der Waals surface area contributed by atoms with Gasteiger partial charge >= 0.3 is 0 Å². The molecule has 4 rings (SSSR count). The van der Waals surface area contributed by atoms with Crippen LogP contribution in [0.15, 0.2) is 35.0 Å². The lowest BCUT2D eigenvalue weighted by Crippen LogP contribution is -2.60. The summed E-state index contributed by atoms with van der Waals surface area (Å²) in [7, 11) is 0. The van der Waals surface area contributed by atoms with Crippen molar-refractivity contribution in [3.63, 3.8) is 0 Å². The third-order valence-corrected chi connectivity index (χ3v) is 8.27. The lowest BCUT2D eigenvalue weighted by molar-refractivity contribution is -0.133. The summed E-state index contributed by atoms with van der Waals surface area (Å²) in [4.78, 5) is 56.4. The molecule has 4 N–H and O–H groups in total. The number of amides is 4.